The minimum atomic E-state index is -0.0371. The highest BCUT2D eigenvalue weighted by atomic mass is 16.7. The average molecular weight is 418 g/mol. The van der Waals surface area contributed by atoms with Crippen molar-refractivity contribution in [1.82, 2.24) is 14.9 Å². The van der Waals surface area contributed by atoms with Gasteiger partial charge in [-0.15, -0.1) is 0 Å². The summed E-state index contributed by atoms with van der Waals surface area (Å²) in [7, 11) is 0. The lowest BCUT2D eigenvalue weighted by molar-refractivity contribution is -0.133. The Morgan fingerprint density at radius 2 is 1.74 bits per heavy atom. The van der Waals surface area contributed by atoms with Gasteiger partial charge in [-0.1, -0.05) is 30.3 Å². The van der Waals surface area contributed by atoms with Gasteiger partial charge >= 0.3 is 0 Å². The Bertz CT molecular complexity index is 1070. The number of hydrogen-bond donors (Lipinski definition) is 0. The first-order valence-corrected chi connectivity index (χ1v) is 10.2. The van der Waals surface area contributed by atoms with Crippen LogP contribution in [0.15, 0.2) is 60.9 Å². The molecular weight excluding hydrogens is 396 g/mol. The van der Waals surface area contributed by atoms with Gasteiger partial charge in [0.25, 0.3) is 5.91 Å². The zero-order valence-corrected chi connectivity index (χ0v) is 16.9. The maximum absolute atomic E-state index is 12.6. The van der Waals surface area contributed by atoms with E-state index in [4.69, 9.17) is 14.2 Å². The number of benzene rings is 2. The molecule has 2 aromatic carbocycles. The summed E-state index contributed by atoms with van der Waals surface area (Å²) in [6, 6.07) is 17.3. The van der Waals surface area contributed by atoms with Crippen LogP contribution < -0.4 is 19.1 Å². The summed E-state index contributed by atoms with van der Waals surface area (Å²) in [6.45, 7) is 2.86. The third-order valence-electron chi connectivity index (χ3n) is 5.38. The van der Waals surface area contributed by atoms with E-state index in [2.05, 4.69) is 14.9 Å². The molecule has 1 saturated heterocycles. The van der Waals surface area contributed by atoms with E-state index >= 15 is 0 Å². The van der Waals surface area contributed by atoms with E-state index in [-0.39, 0.29) is 19.3 Å². The molecule has 0 bridgehead atoms. The molecule has 0 spiro atoms. The van der Waals surface area contributed by atoms with Gasteiger partial charge in [-0.2, -0.15) is 0 Å². The molecule has 3 aromatic rings. The van der Waals surface area contributed by atoms with Crippen molar-refractivity contribution < 1.29 is 19.0 Å². The molecule has 2 aliphatic heterocycles. The normalized spacial score (nSPS) is 15.1. The third kappa shape index (κ3) is 4.23. The van der Waals surface area contributed by atoms with E-state index < -0.39 is 0 Å². The maximum atomic E-state index is 12.6. The van der Waals surface area contributed by atoms with Gasteiger partial charge < -0.3 is 24.0 Å². The van der Waals surface area contributed by atoms with Crippen molar-refractivity contribution in [3.05, 3.63) is 60.9 Å². The van der Waals surface area contributed by atoms with Crippen LogP contribution in [0.25, 0.3) is 11.3 Å². The van der Waals surface area contributed by atoms with Crippen LogP contribution in [0.5, 0.6) is 17.2 Å². The molecule has 1 amide bonds. The minimum absolute atomic E-state index is 0.00862. The van der Waals surface area contributed by atoms with E-state index in [0.717, 1.165) is 17.1 Å². The average Bonchev–Trinajstić information content (AvgIpc) is 3.31. The summed E-state index contributed by atoms with van der Waals surface area (Å²) >= 11 is 0. The number of nitrogens with zero attached hydrogens (tertiary/aromatic N) is 4. The number of rotatable bonds is 5. The molecule has 5 rings (SSSR count). The molecule has 3 heterocycles. The standard InChI is InChI=1S/C23H22N4O4/c28-23(14-29-18-6-7-20-21(12-18)31-16-30-20)27-10-8-26(9-11-27)22-13-19(24-15-25-22)17-4-2-1-3-5-17/h1-7,12-13,15H,8-11,14,16H2. The van der Waals surface area contributed by atoms with Crippen LogP contribution in [-0.4, -0.2) is 60.4 Å². The fourth-order valence-electron chi connectivity index (χ4n) is 3.67. The molecule has 0 unspecified atom stereocenters. The lowest BCUT2D eigenvalue weighted by Crippen LogP contribution is -2.50. The van der Waals surface area contributed by atoms with E-state index in [1.54, 1.807) is 24.5 Å². The van der Waals surface area contributed by atoms with E-state index in [0.29, 0.717) is 43.4 Å². The Kier molecular flexibility index (Phi) is 5.26. The van der Waals surface area contributed by atoms with Gasteiger partial charge in [-0.3, -0.25) is 4.79 Å². The summed E-state index contributed by atoms with van der Waals surface area (Å²) in [6.07, 6.45) is 1.59. The SMILES string of the molecule is O=C(COc1ccc2c(c1)OCO2)N1CCN(c2cc(-c3ccccc3)ncn2)CC1. The first kappa shape index (κ1) is 19.2. The fourth-order valence-corrected chi connectivity index (χ4v) is 3.67. The zero-order chi connectivity index (χ0) is 21.0. The first-order valence-electron chi connectivity index (χ1n) is 10.2. The Labute approximate surface area is 180 Å². The minimum Gasteiger partial charge on any atom is -0.484 e. The number of fused-ring (bicyclic) bond motifs is 1. The van der Waals surface area contributed by atoms with Gasteiger partial charge in [0.2, 0.25) is 6.79 Å². The van der Waals surface area contributed by atoms with Crippen LogP contribution in [-0.2, 0) is 4.79 Å². The number of amides is 1. The Morgan fingerprint density at radius 1 is 0.935 bits per heavy atom. The maximum Gasteiger partial charge on any atom is 0.260 e. The predicted octanol–water partition coefficient (Wildman–Crippen LogP) is 2.60. The van der Waals surface area contributed by atoms with Gasteiger partial charge in [0.1, 0.15) is 17.9 Å². The van der Waals surface area contributed by atoms with Crippen molar-refractivity contribution in [3.63, 3.8) is 0 Å². The molecule has 0 N–H and O–H groups in total. The predicted molar refractivity (Wildman–Crippen MR) is 114 cm³/mol. The molecule has 31 heavy (non-hydrogen) atoms. The highest BCUT2D eigenvalue weighted by molar-refractivity contribution is 5.78. The van der Waals surface area contributed by atoms with Crippen molar-refractivity contribution in [2.24, 2.45) is 0 Å². The van der Waals surface area contributed by atoms with Crippen LogP contribution in [0.2, 0.25) is 0 Å². The molecule has 0 atom stereocenters. The van der Waals surface area contributed by atoms with E-state index in [1.807, 2.05) is 41.3 Å². The second-order valence-electron chi connectivity index (χ2n) is 7.30. The van der Waals surface area contributed by atoms with Gasteiger partial charge in [0, 0.05) is 43.9 Å². The zero-order valence-electron chi connectivity index (χ0n) is 16.9. The number of carbonyl (C=O) groups is 1. The number of ether oxygens (including phenoxy) is 3. The topological polar surface area (TPSA) is 77.0 Å². The van der Waals surface area contributed by atoms with Crippen LogP contribution >= 0.6 is 0 Å². The molecule has 8 nitrogen and oxygen atoms in total. The molecule has 0 radical (unpaired) electrons. The van der Waals surface area contributed by atoms with Crippen molar-refractivity contribution >= 4 is 11.7 Å². The summed E-state index contributed by atoms with van der Waals surface area (Å²) in [5.74, 6) is 2.75. The van der Waals surface area contributed by atoms with Gasteiger partial charge in [0.15, 0.2) is 18.1 Å². The molecule has 1 aromatic heterocycles. The third-order valence-corrected chi connectivity index (χ3v) is 5.38. The molecule has 0 aliphatic carbocycles. The highest BCUT2D eigenvalue weighted by Crippen LogP contribution is 2.35. The van der Waals surface area contributed by atoms with Crippen molar-refractivity contribution in [3.8, 4) is 28.5 Å². The second-order valence-corrected chi connectivity index (χ2v) is 7.30. The lowest BCUT2D eigenvalue weighted by Gasteiger charge is -2.35. The summed E-state index contributed by atoms with van der Waals surface area (Å²) < 4.78 is 16.3. The lowest BCUT2D eigenvalue weighted by atomic mass is 10.1. The summed E-state index contributed by atoms with van der Waals surface area (Å²) in [5, 5.41) is 0. The molecule has 8 heteroatoms. The van der Waals surface area contributed by atoms with Crippen LogP contribution in [0.3, 0.4) is 0 Å². The Balaban J connectivity index is 1.16. The number of aromatic nitrogens is 2. The fraction of sp³-hybridized carbons (Fsp3) is 0.261. The summed E-state index contributed by atoms with van der Waals surface area (Å²) in [4.78, 5) is 25.4. The first-order chi connectivity index (χ1) is 15.3. The molecular formula is C23H22N4O4. The van der Waals surface area contributed by atoms with Gasteiger partial charge in [-0.05, 0) is 12.1 Å². The van der Waals surface area contributed by atoms with E-state index in [1.165, 1.54) is 0 Å². The second kappa shape index (κ2) is 8.51. The smallest absolute Gasteiger partial charge is 0.260 e. The Hall–Kier alpha value is -3.81. The number of anilines is 1. The van der Waals surface area contributed by atoms with Crippen LogP contribution in [0, 0.1) is 0 Å². The van der Waals surface area contributed by atoms with Crippen LogP contribution in [0.1, 0.15) is 0 Å². The van der Waals surface area contributed by atoms with Gasteiger partial charge in [-0.25, -0.2) is 9.97 Å². The van der Waals surface area contributed by atoms with Crippen molar-refractivity contribution in [2.75, 3.05) is 44.5 Å². The Morgan fingerprint density at radius 3 is 2.58 bits per heavy atom. The largest absolute Gasteiger partial charge is 0.484 e. The monoisotopic (exact) mass is 418 g/mol. The molecule has 2 aliphatic rings. The molecule has 0 saturated carbocycles. The highest BCUT2D eigenvalue weighted by Gasteiger charge is 2.23. The number of hydrogen-bond acceptors (Lipinski definition) is 7. The van der Waals surface area contributed by atoms with Crippen LogP contribution in [0.4, 0.5) is 5.82 Å². The molecule has 158 valence electrons. The molecule has 1 fully saturated rings. The number of carbonyl (C=O) groups excluding carboxylic acids is 1. The van der Waals surface area contributed by atoms with Gasteiger partial charge in [0.05, 0.1) is 5.69 Å². The van der Waals surface area contributed by atoms with Crippen molar-refractivity contribution in [1.29, 1.82) is 0 Å². The van der Waals surface area contributed by atoms with Crippen molar-refractivity contribution in [2.45, 2.75) is 0 Å². The van der Waals surface area contributed by atoms with E-state index in [9.17, 15) is 4.79 Å². The number of piperazine rings is 1. The quantitative estimate of drug-likeness (QED) is 0.630. The summed E-state index contributed by atoms with van der Waals surface area (Å²) in [5.41, 5.74) is 1.95.